The number of hydrogen-bond donors (Lipinski definition) is 3. The van der Waals surface area contributed by atoms with Crippen molar-refractivity contribution in [3.63, 3.8) is 0 Å². The Morgan fingerprint density at radius 3 is 2.66 bits per heavy atom. The molecule has 3 N–H and O–H groups in total. The number of aliphatic hydroxyl groups is 1. The van der Waals surface area contributed by atoms with Crippen molar-refractivity contribution in [3.05, 3.63) is 71.3 Å². The van der Waals surface area contributed by atoms with Crippen LogP contribution < -0.4 is 10.9 Å². The second kappa shape index (κ2) is 9.08. The van der Waals surface area contributed by atoms with Crippen molar-refractivity contribution in [1.29, 1.82) is 0 Å². The van der Waals surface area contributed by atoms with Crippen molar-refractivity contribution in [3.8, 4) is 0 Å². The number of nitrogens with one attached hydrogen (secondary N) is 2. The number of likely N-dealkylation sites (tertiary alicyclic amines) is 1. The maximum absolute atomic E-state index is 12.6. The van der Waals surface area contributed by atoms with Crippen LogP contribution in [0.2, 0.25) is 0 Å². The van der Waals surface area contributed by atoms with Gasteiger partial charge in [-0.3, -0.25) is 15.6 Å². The van der Waals surface area contributed by atoms with Gasteiger partial charge in [0.25, 0.3) is 0 Å². The average Bonchev–Trinajstić information content (AvgIpc) is 3.43. The highest BCUT2D eigenvalue weighted by Gasteiger charge is 2.36. The van der Waals surface area contributed by atoms with Crippen LogP contribution in [-0.2, 0) is 4.79 Å². The average molecular weight is 394 g/mol. The molecule has 0 bridgehead atoms. The Morgan fingerprint density at radius 1 is 1.14 bits per heavy atom. The summed E-state index contributed by atoms with van der Waals surface area (Å²) in [4.78, 5) is 14.6. The Bertz CT molecular complexity index is 809. The number of hydrogen-bond acceptors (Lipinski definition) is 4. The lowest BCUT2D eigenvalue weighted by Crippen LogP contribution is -2.38. The molecule has 0 saturated carbocycles. The summed E-state index contributed by atoms with van der Waals surface area (Å²) < 4.78 is 0. The molecule has 4 rings (SSSR count). The number of benzene rings is 2. The van der Waals surface area contributed by atoms with Crippen molar-refractivity contribution in [2.24, 2.45) is 5.92 Å². The number of carbonyl (C=O) groups excluding carboxylic acids is 1. The normalized spacial score (nSPS) is 25.3. The van der Waals surface area contributed by atoms with E-state index in [1.165, 1.54) is 11.1 Å². The lowest BCUT2D eigenvalue weighted by atomic mass is 9.92. The van der Waals surface area contributed by atoms with E-state index in [-0.39, 0.29) is 5.91 Å². The zero-order valence-corrected chi connectivity index (χ0v) is 17.1. The number of aliphatic hydroxyl groups excluding tert-OH is 1. The number of aryl methyl sites for hydroxylation is 1. The topological polar surface area (TPSA) is 64.6 Å². The van der Waals surface area contributed by atoms with Gasteiger partial charge in [0.1, 0.15) is 0 Å². The predicted molar refractivity (Wildman–Crippen MR) is 114 cm³/mol. The minimum Gasteiger partial charge on any atom is -0.388 e. The Labute approximate surface area is 173 Å². The lowest BCUT2D eigenvalue weighted by Gasteiger charge is -2.20. The summed E-state index contributed by atoms with van der Waals surface area (Å²) in [6, 6.07) is 19.0. The van der Waals surface area contributed by atoms with Gasteiger partial charge in [-0.1, -0.05) is 60.2 Å². The molecule has 4 atom stereocenters. The van der Waals surface area contributed by atoms with E-state index in [0.717, 1.165) is 31.5 Å². The standard InChI is InChI=1S/C24H31N3O2/c1-17-7-9-18(10-8-17)21-15-22(26-25-21)20-13-14-27(16-20)24(29)12-11-23(28)19-5-3-2-4-6-19/h2-10,20-23,25-26,28H,11-16H2,1H3. The van der Waals surface area contributed by atoms with Crippen LogP contribution in [0.3, 0.4) is 0 Å². The first kappa shape index (κ1) is 20.1. The van der Waals surface area contributed by atoms with Gasteiger partial charge in [0.15, 0.2) is 0 Å². The third-order valence-electron chi connectivity index (χ3n) is 6.37. The van der Waals surface area contributed by atoms with E-state index >= 15 is 0 Å². The number of nitrogens with zero attached hydrogens (tertiary/aromatic N) is 1. The number of hydrazine groups is 1. The molecule has 154 valence electrons. The van der Waals surface area contributed by atoms with Crippen molar-refractivity contribution in [2.75, 3.05) is 13.1 Å². The first-order chi connectivity index (χ1) is 14.1. The molecule has 2 fully saturated rings. The minimum absolute atomic E-state index is 0.156. The summed E-state index contributed by atoms with van der Waals surface area (Å²) in [5, 5.41) is 10.3. The van der Waals surface area contributed by atoms with Gasteiger partial charge in [0, 0.05) is 31.6 Å². The number of rotatable bonds is 6. The third kappa shape index (κ3) is 4.86. The largest absolute Gasteiger partial charge is 0.388 e. The van der Waals surface area contributed by atoms with E-state index in [1.54, 1.807) is 0 Å². The number of carbonyl (C=O) groups is 1. The van der Waals surface area contributed by atoms with Crippen molar-refractivity contribution in [1.82, 2.24) is 15.8 Å². The van der Waals surface area contributed by atoms with Gasteiger partial charge in [-0.25, -0.2) is 0 Å². The smallest absolute Gasteiger partial charge is 0.222 e. The summed E-state index contributed by atoms with van der Waals surface area (Å²) in [5.41, 5.74) is 10.4. The molecule has 2 saturated heterocycles. The highest BCUT2D eigenvalue weighted by Crippen LogP contribution is 2.30. The van der Waals surface area contributed by atoms with E-state index in [4.69, 9.17) is 0 Å². The van der Waals surface area contributed by atoms with Crippen molar-refractivity contribution in [2.45, 2.75) is 50.8 Å². The molecule has 1 amide bonds. The fourth-order valence-electron chi connectivity index (χ4n) is 4.51. The summed E-state index contributed by atoms with van der Waals surface area (Å²) >= 11 is 0. The van der Waals surface area contributed by atoms with Crippen molar-refractivity contribution >= 4 is 5.91 Å². The summed E-state index contributed by atoms with van der Waals surface area (Å²) in [6.07, 6.45) is 2.37. The predicted octanol–water partition coefficient (Wildman–Crippen LogP) is 3.26. The molecule has 4 unspecified atom stereocenters. The van der Waals surface area contributed by atoms with Gasteiger partial charge in [-0.05, 0) is 43.2 Å². The van der Waals surface area contributed by atoms with Crippen LogP contribution in [-0.4, -0.2) is 35.0 Å². The molecule has 29 heavy (non-hydrogen) atoms. The molecule has 5 nitrogen and oxygen atoms in total. The first-order valence-corrected chi connectivity index (χ1v) is 10.7. The molecule has 0 spiro atoms. The molecular weight excluding hydrogens is 362 g/mol. The molecule has 2 heterocycles. The fourth-order valence-corrected chi connectivity index (χ4v) is 4.51. The van der Waals surface area contributed by atoms with E-state index in [0.29, 0.717) is 30.8 Å². The van der Waals surface area contributed by atoms with Crippen LogP contribution >= 0.6 is 0 Å². The van der Waals surface area contributed by atoms with Gasteiger partial charge < -0.3 is 10.0 Å². The molecule has 2 aliphatic rings. The zero-order valence-electron chi connectivity index (χ0n) is 17.1. The SMILES string of the molecule is Cc1ccc(C2CC(C3CCN(C(=O)CCC(O)c4ccccc4)C3)NN2)cc1. The van der Waals surface area contributed by atoms with E-state index < -0.39 is 6.10 Å². The van der Waals surface area contributed by atoms with Crippen LogP contribution in [0.15, 0.2) is 54.6 Å². The van der Waals surface area contributed by atoms with E-state index in [1.807, 2.05) is 35.2 Å². The van der Waals surface area contributed by atoms with Crippen LogP contribution in [0.25, 0.3) is 0 Å². The highest BCUT2D eigenvalue weighted by atomic mass is 16.3. The van der Waals surface area contributed by atoms with Crippen molar-refractivity contribution < 1.29 is 9.90 Å². The molecular formula is C24H31N3O2. The van der Waals surface area contributed by atoms with Crippen LogP contribution in [0.4, 0.5) is 0 Å². The van der Waals surface area contributed by atoms with Gasteiger partial charge in [-0.15, -0.1) is 0 Å². The lowest BCUT2D eigenvalue weighted by molar-refractivity contribution is -0.130. The first-order valence-electron chi connectivity index (χ1n) is 10.7. The van der Waals surface area contributed by atoms with Gasteiger partial charge in [0.05, 0.1) is 6.10 Å². The van der Waals surface area contributed by atoms with Gasteiger partial charge in [-0.2, -0.15) is 0 Å². The quantitative estimate of drug-likeness (QED) is 0.705. The van der Waals surface area contributed by atoms with Crippen LogP contribution in [0.1, 0.15) is 54.5 Å². The monoisotopic (exact) mass is 393 g/mol. The molecule has 2 aromatic rings. The summed E-state index contributed by atoms with van der Waals surface area (Å²) in [5.74, 6) is 0.629. The molecule has 0 aromatic heterocycles. The molecule has 0 aliphatic carbocycles. The van der Waals surface area contributed by atoms with Crippen LogP contribution in [0.5, 0.6) is 0 Å². The van der Waals surface area contributed by atoms with Gasteiger partial charge >= 0.3 is 0 Å². The highest BCUT2D eigenvalue weighted by molar-refractivity contribution is 5.76. The second-order valence-corrected chi connectivity index (χ2v) is 8.45. The maximum Gasteiger partial charge on any atom is 0.222 e. The number of amides is 1. The van der Waals surface area contributed by atoms with Crippen LogP contribution in [0, 0.1) is 12.8 Å². The summed E-state index contributed by atoms with van der Waals surface area (Å²) in [6.45, 7) is 3.73. The minimum atomic E-state index is -0.575. The third-order valence-corrected chi connectivity index (χ3v) is 6.37. The molecule has 2 aromatic carbocycles. The molecule has 5 heteroatoms. The Morgan fingerprint density at radius 2 is 1.90 bits per heavy atom. The van der Waals surface area contributed by atoms with E-state index in [2.05, 4.69) is 42.0 Å². The maximum atomic E-state index is 12.6. The summed E-state index contributed by atoms with van der Waals surface area (Å²) in [7, 11) is 0. The fraction of sp³-hybridized carbons (Fsp3) is 0.458. The van der Waals surface area contributed by atoms with Gasteiger partial charge in [0.2, 0.25) is 5.91 Å². The molecule has 0 radical (unpaired) electrons. The second-order valence-electron chi connectivity index (χ2n) is 8.45. The molecule has 2 aliphatic heterocycles. The zero-order chi connectivity index (χ0) is 20.2. The Kier molecular flexibility index (Phi) is 6.28. The Hall–Kier alpha value is -2.21. The Balaban J connectivity index is 1.25. The van der Waals surface area contributed by atoms with E-state index in [9.17, 15) is 9.90 Å².